The number of carbonyl (C=O) groups is 2. The topological polar surface area (TPSA) is 250 Å². The molecule has 36 heavy (non-hydrogen) atoms. The molecule has 0 aromatic carbocycles. The third-order valence-electron chi connectivity index (χ3n) is 8.25. The first-order valence-electron chi connectivity index (χ1n) is 11.2. The van der Waals surface area contributed by atoms with Crippen molar-refractivity contribution in [2.75, 3.05) is 6.61 Å². The highest BCUT2D eigenvalue weighted by molar-refractivity contribution is 7.45. The van der Waals surface area contributed by atoms with E-state index in [-0.39, 0.29) is 29.0 Å². The van der Waals surface area contributed by atoms with Crippen LogP contribution in [0.1, 0.15) is 46.0 Å². The number of ketones is 2. The molecule has 0 heterocycles. The third-order valence-corrected chi connectivity index (χ3v) is 8.25. The molecule has 7 atom stereocenters. The lowest BCUT2D eigenvalue weighted by Crippen LogP contribution is -2.61. The van der Waals surface area contributed by atoms with E-state index < -0.39 is 45.2 Å². The third kappa shape index (κ3) is 6.48. The quantitative estimate of drug-likeness (QED) is 0.198. The zero-order valence-electron chi connectivity index (χ0n) is 19.8. The molecule has 0 spiro atoms. The van der Waals surface area contributed by atoms with Crippen molar-refractivity contribution in [3.63, 3.8) is 0 Å². The minimum absolute atomic E-state index is 0.00912. The Morgan fingerprint density at radius 2 is 1.58 bits per heavy atom. The Hall–Kier alpha value is -1.08. The maximum atomic E-state index is 12.4. The Kier molecular flexibility index (Phi) is 9.16. The summed E-state index contributed by atoms with van der Waals surface area (Å²) in [6.45, 7) is 3.34. The highest BCUT2D eigenvalue weighted by Crippen LogP contribution is 2.67. The minimum atomic E-state index is -4.64. The SMILES string of the molecule is C[C@]12C=CC(=O)C=C1CC[C@@H]1[C@@H]2[C@@H](O)C[C@@]2(C)[C@H]1CC[C@]2(O)C(=O)CO.O=P(O)(O)O.O=P(O)(O)O. The van der Waals surface area contributed by atoms with Crippen LogP contribution in [0.2, 0.25) is 0 Å². The number of allylic oxidation sites excluding steroid dienone is 4. The molecule has 15 heteroatoms. The van der Waals surface area contributed by atoms with Crippen molar-refractivity contribution >= 4 is 27.2 Å². The number of carbonyl (C=O) groups excluding carboxylic acids is 2. The predicted molar refractivity (Wildman–Crippen MR) is 124 cm³/mol. The van der Waals surface area contributed by atoms with Gasteiger partial charge >= 0.3 is 15.6 Å². The van der Waals surface area contributed by atoms with Crippen molar-refractivity contribution in [3.8, 4) is 0 Å². The number of phosphoric acid groups is 2. The van der Waals surface area contributed by atoms with Crippen molar-refractivity contribution in [1.29, 1.82) is 0 Å². The molecule has 4 aliphatic carbocycles. The lowest BCUT2D eigenvalue weighted by molar-refractivity contribution is -0.178. The summed E-state index contributed by atoms with van der Waals surface area (Å²) >= 11 is 0. The van der Waals surface area contributed by atoms with Crippen LogP contribution in [0.25, 0.3) is 0 Å². The number of rotatable bonds is 2. The molecule has 0 radical (unpaired) electrons. The van der Waals surface area contributed by atoms with Gasteiger partial charge in [-0.15, -0.1) is 0 Å². The molecule has 0 bridgehead atoms. The Labute approximate surface area is 207 Å². The second-order valence-corrected chi connectivity index (χ2v) is 12.3. The minimum Gasteiger partial charge on any atom is -0.393 e. The fourth-order valence-corrected chi connectivity index (χ4v) is 6.92. The molecule has 0 aliphatic heterocycles. The molecular formula is C21H34O13P2. The van der Waals surface area contributed by atoms with Gasteiger partial charge in [0.15, 0.2) is 11.6 Å². The molecule has 206 valence electrons. The Morgan fingerprint density at radius 3 is 2.08 bits per heavy atom. The van der Waals surface area contributed by atoms with E-state index in [9.17, 15) is 24.9 Å². The van der Waals surface area contributed by atoms with Crippen LogP contribution < -0.4 is 0 Å². The highest BCUT2D eigenvalue weighted by atomic mass is 31.2. The van der Waals surface area contributed by atoms with E-state index in [0.717, 1.165) is 24.8 Å². The average Bonchev–Trinajstić information content (AvgIpc) is 2.96. The van der Waals surface area contributed by atoms with Crippen LogP contribution in [-0.4, -0.2) is 74.6 Å². The standard InChI is InChI=1S/C21H28O5.2H3O4P/c1-19-7-5-13(23)9-12(19)3-4-14-15-6-8-21(26,17(25)11-22)20(15,2)10-16(24)18(14)19;2*1-5(2,3)4/h5,7,9,14-16,18,22,24,26H,3-4,6,8,10-11H2,1-2H3;2*(H3,1,2,3,4)/t14-,15-,16-,18+,19-,20-,21-;;/m0../s1. The maximum Gasteiger partial charge on any atom is 0.466 e. The zero-order chi connectivity index (χ0) is 27.9. The first kappa shape index (κ1) is 31.1. The van der Waals surface area contributed by atoms with E-state index in [4.69, 9.17) is 38.5 Å². The molecule has 0 amide bonds. The normalized spacial score (nSPS) is 39.3. The van der Waals surface area contributed by atoms with E-state index in [2.05, 4.69) is 6.92 Å². The second kappa shape index (κ2) is 10.6. The zero-order valence-corrected chi connectivity index (χ0v) is 21.6. The second-order valence-electron chi connectivity index (χ2n) is 10.2. The van der Waals surface area contributed by atoms with E-state index in [1.807, 2.05) is 13.0 Å². The number of hydrogen-bond donors (Lipinski definition) is 9. The summed E-state index contributed by atoms with van der Waals surface area (Å²) in [6, 6.07) is 0. The monoisotopic (exact) mass is 556 g/mol. The molecule has 4 aliphatic rings. The molecule has 9 N–H and O–H groups in total. The Balaban J connectivity index is 0.000000389. The molecule has 0 unspecified atom stereocenters. The van der Waals surface area contributed by atoms with Gasteiger partial charge in [0.25, 0.3) is 0 Å². The first-order chi connectivity index (χ1) is 16.2. The lowest BCUT2D eigenvalue weighted by atomic mass is 9.46. The highest BCUT2D eigenvalue weighted by Gasteiger charge is 2.67. The maximum absolute atomic E-state index is 12.4. The molecule has 3 fully saturated rings. The van der Waals surface area contributed by atoms with Gasteiger partial charge < -0.3 is 44.7 Å². The summed E-state index contributed by atoms with van der Waals surface area (Å²) in [4.78, 5) is 67.3. The van der Waals surface area contributed by atoms with Crippen LogP contribution in [0.15, 0.2) is 23.8 Å². The van der Waals surface area contributed by atoms with E-state index >= 15 is 0 Å². The summed E-state index contributed by atoms with van der Waals surface area (Å²) < 4.78 is 17.8. The Morgan fingerprint density at radius 1 is 1.06 bits per heavy atom. The van der Waals surface area contributed by atoms with Gasteiger partial charge in [-0.05, 0) is 56.1 Å². The van der Waals surface area contributed by atoms with Crippen molar-refractivity contribution in [3.05, 3.63) is 23.8 Å². The number of aliphatic hydroxyl groups is 3. The van der Waals surface area contributed by atoms with E-state index in [0.29, 0.717) is 12.8 Å². The van der Waals surface area contributed by atoms with Crippen LogP contribution in [0, 0.1) is 28.6 Å². The predicted octanol–water partition coefficient (Wildman–Crippen LogP) is -0.300. The molecular weight excluding hydrogens is 522 g/mol. The fourth-order valence-electron chi connectivity index (χ4n) is 6.92. The van der Waals surface area contributed by atoms with Crippen LogP contribution in [0.5, 0.6) is 0 Å². The van der Waals surface area contributed by atoms with Gasteiger partial charge in [0, 0.05) is 16.7 Å². The van der Waals surface area contributed by atoms with Crippen molar-refractivity contribution in [2.24, 2.45) is 28.6 Å². The van der Waals surface area contributed by atoms with Crippen LogP contribution in [-0.2, 0) is 18.7 Å². The number of fused-ring (bicyclic) bond motifs is 5. The van der Waals surface area contributed by atoms with Gasteiger partial charge in [-0.3, -0.25) is 9.59 Å². The number of hydrogen-bond acceptors (Lipinski definition) is 7. The summed E-state index contributed by atoms with van der Waals surface area (Å²) in [5, 5.41) is 31.7. The number of Topliss-reactive ketones (excluding diaryl/α,β-unsaturated/α-hetero) is 1. The van der Waals surface area contributed by atoms with Gasteiger partial charge in [-0.25, -0.2) is 9.13 Å². The van der Waals surface area contributed by atoms with Crippen molar-refractivity contribution in [1.82, 2.24) is 0 Å². The smallest absolute Gasteiger partial charge is 0.393 e. The summed E-state index contributed by atoms with van der Waals surface area (Å²) in [5.41, 5.74) is -1.54. The van der Waals surface area contributed by atoms with Gasteiger partial charge in [-0.2, -0.15) is 0 Å². The molecule has 0 aromatic heterocycles. The molecule has 0 aromatic rings. The number of aliphatic hydroxyl groups excluding tert-OH is 2. The van der Waals surface area contributed by atoms with Gasteiger partial charge in [-0.1, -0.05) is 25.5 Å². The molecule has 0 saturated heterocycles. The lowest BCUT2D eigenvalue weighted by Gasteiger charge is -2.59. The average molecular weight is 556 g/mol. The molecule has 13 nitrogen and oxygen atoms in total. The fraction of sp³-hybridized carbons (Fsp3) is 0.714. The van der Waals surface area contributed by atoms with Crippen molar-refractivity contribution in [2.45, 2.75) is 57.7 Å². The van der Waals surface area contributed by atoms with E-state index in [1.165, 1.54) is 0 Å². The van der Waals surface area contributed by atoms with Crippen LogP contribution in [0.3, 0.4) is 0 Å². The Bertz CT molecular complexity index is 992. The van der Waals surface area contributed by atoms with Crippen LogP contribution >= 0.6 is 15.6 Å². The molecule has 3 saturated carbocycles. The van der Waals surface area contributed by atoms with Crippen molar-refractivity contribution < 1.29 is 63.4 Å². The first-order valence-corrected chi connectivity index (χ1v) is 14.4. The molecule has 4 rings (SSSR count). The van der Waals surface area contributed by atoms with Gasteiger partial charge in [0.1, 0.15) is 12.2 Å². The summed E-state index contributed by atoms with van der Waals surface area (Å²) in [7, 11) is -9.28. The summed E-state index contributed by atoms with van der Waals surface area (Å²) in [5.74, 6) is -0.227. The van der Waals surface area contributed by atoms with E-state index in [1.54, 1.807) is 12.2 Å². The van der Waals surface area contributed by atoms with Gasteiger partial charge in [0.2, 0.25) is 0 Å². The summed E-state index contributed by atoms with van der Waals surface area (Å²) in [6.07, 6.45) is 7.68. The van der Waals surface area contributed by atoms with Gasteiger partial charge in [0.05, 0.1) is 6.10 Å². The van der Waals surface area contributed by atoms with Crippen LogP contribution in [0.4, 0.5) is 0 Å². The largest absolute Gasteiger partial charge is 0.466 e.